The first-order chi connectivity index (χ1) is 16.5. The Morgan fingerprint density at radius 3 is 1.77 bits per heavy atom. The average molecular weight is 515 g/mol. The quantitative estimate of drug-likeness (QED) is 0.294. The SMILES string of the molecule is O=S(=O)(O)C1c2ccccc2C=C(O)C1(/N=N/c1ccc(/N=N/c2ccccc2)cc1)S(=O)(=O)O. The van der Waals surface area contributed by atoms with Crippen molar-refractivity contribution in [2.45, 2.75) is 10.1 Å². The molecule has 2 atom stereocenters. The smallest absolute Gasteiger partial charge is 0.302 e. The zero-order valence-corrected chi connectivity index (χ0v) is 19.4. The molecule has 1 aliphatic rings. The first-order valence-corrected chi connectivity index (χ1v) is 12.9. The molecule has 3 aromatic carbocycles. The van der Waals surface area contributed by atoms with Gasteiger partial charge in [0.05, 0.1) is 17.1 Å². The second-order valence-electron chi connectivity index (χ2n) is 7.48. The maximum atomic E-state index is 12.5. The molecule has 0 spiro atoms. The van der Waals surface area contributed by atoms with Gasteiger partial charge < -0.3 is 5.11 Å². The summed E-state index contributed by atoms with van der Waals surface area (Å²) < 4.78 is 69.6. The monoisotopic (exact) mass is 514 g/mol. The molecule has 35 heavy (non-hydrogen) atoms. The summed E-state index contributed by atoms with van der Waals surface area (Å²) in [6.07, 6.45) is 0.941. The van der Waals surface area contributed by atoms with Gasteiger partial charge in [0.25, 0.3) is 15.0 Å². The average Bonchev–Trinajstić information content (AvgIpc) is 2.81. The lowest BCUT2D eigenvalue weighted by atomic mass is 9.92. The summed E-state index contributed by atoms with van der Waals surface area (Å²) in [7, 11) is -10.7. The molecule has 3 N–H and O–H groups in total. The zero-order chi connectivity index (χ0) is 25.3. The minimum atomic E-state index is -5.48. The van der Waals surface area contributed by atoms with E-state index in [1.807, 2.05) is 6.07 Å². The highest BCUT2D eigenvalue weighted by molar-refractivity contribution is 7.91. The summed E-state index contributed by atoms with van der Waals surface area (Å²) >= 11 is 0. The van der Waals surface area contributed by atoms with Crippen LogP contribution in [0.4, 0.5) is 17.1 Å². The first-order valence-electron chi connectivity index (χ1n) is 9.95. The third-order valence-corrected chi connectivity index (χ3v) is 7.84. The van der Waals surface area contributed by atoms with Crippen LogP contribution in [0.15, 0.2) is 105 Å². The maximum absolute atomic E-state index is 12.5. The van der Waals surface area contributed by atoms with E-state index in [9.17, 15) is 31.0 Å². The normalized spacial score (nSPS) is 20.6. The van der Waals surface area contributed by atoms with Crippen LogP contribution in [0.1, 0.15) is 16.4 Å². The van der Waals surface area contributed by atoms with E-state index < -0.39 is 36.1 Å². The Bertz CT molecular complexity index is 1550. The highest BCUT2D eigenvalue weighted by atomic mass is 32.2. The molecule has 0 saturated heterocycles. The fraction of sp³-hybridized carbons (Fsp3) is 0.0909. The van der Waals surface area contributed by atoms with E-state index in [1.165, 1.54) is 48.5 Å². The molecule has 11 nitrogen and oxygen atoms in total. The molecular weight excluding hydrogens is 496 g/mol. The number of aliphatic hydroxyl groups excluding tert-OH is 1. The number of benzene rings is 3. The van der Waals surface area contributed by atoms with Gasteiger partial charge in [-0.25, -0.2) is 0 Å². The molecule has 0 saturated carbocycles. The fourth-order valence-electron chi connectivity index (χ4n) is 3.59. The lowest BCUT2D eigenvalue weighted by Gasteiger charge is -2.34. The van der Waals surface area contributed by atoms with Crippen LogP contribution < -0.4 is 0 Å². The van der Waals surface area contributed by atoms with Gasteiger partial charge in [0.1, 0.15) is 5.76 Å². The predicted octanol–water partition coefficient (Wildman–Crippen LogP) is 5.31. The molecule has 0 amide bonds. The van der Waals surface area contributed by atoms with E-state index in [0.29, 0.717) is 11.4 Å². The fourth-order valence-corrected chi connectivity index (χ4v) is 6.29. The zero-order valence-electron chi connectivity index (χ0n) is 17.7. The summed E-state index contributed by atoms with van der Waals surface area (Å²) in [6, 6.07) is 20.3. The van der Waals surface area contributed by atoms with E-state index >= 15 is 0 Å². The number of nitrogens with zero attached hydrogens (tertiary/aromatic N) is 4. The van der Waals surface area contributed by atoms with Gasteiger partial charge >= 0.3 is 10.1 Å². The molecule has 0 aromatic heterocycles. The van der Waals surface area contributed by atoms with Crippen LogP contribution in [0.3, 0.4) is 0 Å². The van der Waals surface area contributed by atoms with Crippen molar-refractivity contribution in [3.05, 3.63) is 95.7 Å². The van der Waals surface area contributed by atoms with E-state index in [-0.39, 0.29) is 16.8 Å². The lowest BCUT2D eigenvalue weighted by Crippen LogP contribution is -2.48. The Balaban J connectivity index is 1.76. The third kappa shape index (κ3) is 4.74. The van der Waals surface area contributed by atoms with Gasteiger partial charge in [0.15, 0.2) is 5.25 Å². The van der Waals surface area contributed by atoms with Crippen molar-refractivity contribution < 1.29 is 31.0 Å². The minimum absolute atomic E-state index is 0.0485. The van der Waals surface area contributed by atoms with Gasteiger partial charge in [-0.1, -0.05) is 42.5 Å². The largest absolute Gasteiger partial charge is 0.508 e. The Morgan fingerprint density at radius 2 is 1.20 bits per heavy atom. The molecule has 4 rings (SSSR count). The van der Waals surface area contributed by atoms with E-state index in [1.54, 1.807) is 24.3 Å². The minimum Gasteiger partial charge on any atom is -0.508 e. The van der Waals surface area contributed by atoms with Crippen LogP contribution in [0.25, 0.3) is 6.08 Å². The molecule has 0 heterocycles. The Morgan fingerprint density at radius 1 is 0.686 bits per heavy atom. The predicted molar refractivity (Wildman–Crippen MR) is 127 cm³/mol. The van der Waals surface area contributed by atoms with Crippen LogP contribution in [-0.4, -0.2) is 35.9 Å². The molecule has 180 valence electrons. The number of aliphatic hydroxyl groups is 1. The molecule has 0 aliphatic heterocycles. The van der Waals surface area contributed by atoms with Crippen molar-refractivity contribution in [2.24, 2.45) is 20.5 Å². The molecule has 0 fully saturated rings. The van der Waals surface area contributed by atoms with E-state index in [4.69, 9.17) is 0 Å². The highest BCUT2D eigenvalue weighted by Gasteiger charge is 2.62. The van der Waals surface area contributed by atoms with Crippen molar-refractivity contribution in [2.75, 3.05) is 0 Å². The maximum Gasteiger partial charge on any atom is 0.302 e. The Labute approximate surface area is 200 Å². The Kier molecular flexibility index (Phi) is 6.34. The van der Waals surface area contributed by atoms with Crippen molar-refractivity contribution in [3.63, 3.8) is 0 Å². The summed E-state index contributed by atoms with van der Waals surface area (Å²) in [4.78, 5) is -3.24. The van der Waals surface area contributed by atoms with Crippen molar-refractivity contribution in [3.8, 4) is 0 Å². The van der Waals surface area contributed by atoms with Gasteiger partial charge in [-0.05, 0) is 53.6 Å². The molecular formula is C22H18N4O7S2. The van der Waals surface area contributed by atoms with Crippen molar-refractivity contribution >= 4 is 43.4 Å². The summed E-state index contributed by atoms with van der Waals surface area (Å²) in [5.74, 6) is -1.13. The van der Waals surface area contributed by atoms with E-state index in [0.717, 1.165) is 6.08 Å². The second-order valence-corrected chi connectivity index (χ2v) is 10.6. The first kappa shape index (κ1) is 24.3. The van der Waals surface area contributed by atoms with E-state index in [2.05, 4.69) is 20.5 Å². The molecule has 2 unspecified atom stereocenters. The van der Waals surface area contributed by atoms with Crippen LogP contribution in [0.5, 0.6) is 0 Å². The summed E-state index contributed by atoms with van der Waals surface area (Å²) in [5.41, 5.74) is 1.04. The van der Waals surface area contributed by atoms with Gasteiger partial charge in [0, 0.05) is 0 Å². The van der Waals surface area contributed by atoms with Crippen LogP contribution >= 0.6 is 0 Å². The summed E-state index contributed by atoms with van der Waals surface area (Å²) in [5, 5.41) is 23.7. The molecule has 0 radical (unpaired) electrons. The molecule has 13 heteroatoms. The van der Waals surface area contributed by atoms with Crippen LogP contribution in [-0.2, 0) is 20.2 Å². The van der Waals surface area contributed by atoms with Crippen molar-refractivity contribution in [1.82, 2.24) is 0 Å². The molecule has 3 aromatic rings. The molecule has 0 bridgehead atoms. The standard InChI is InChI=1S/C22H18N4O7S2/c27-20-14-15-6-4-5-9-19(15)21(34(28,29)30)22(20,35(31,32)33)26-25-18-12-10-17(11-13-18)24-23-16-7-2-1-3-8-16/h1-14,21,27H,(H,28,29,30)(H,31,32,33)/b24-23+,26-25+. The van der Waals surface area contributed by atoms with Gasteiger partial charge in [-0.2, -0.15) is 37.3 Å². The summed E-state index contributed by atoms with van der Waals surface area (Å²) in [6.45, 7) is 0. The van der Waals surface area contributed by atoms with Crippen LogP contribution in [0, 0.1) is 0 Å². The molecule has 1 aliphatic carbocycles. The van der Waals surface area contributed by atoms with Gasteiger partial charge in [-0.15, -0.1) is 0 Å². The van der Waals surface area contributed by atoms with Gasteiger partial charge in [0.2, 0.25) is 0 Å². The number of hydrogen-bond donors (Lipinski definition) is 3. The lowest BCUT2D eigenvalue weighted by molar-refractivity contribution is 0.309. The second kappa shape index (κ2) is 9.11. The van der Waals surface area contributed by atoms with Gasteiger partial charge in [-0.3, -0.25) is 9.11 Å². The number of hydrogen-bond acceptors (Lipinski definition) is 9. The van der Waals surface area contributed by atoms with Crippen LogP contribution in [0.2, 0.25) is 0 Å². The highest BCUT2D eigenvalue weighted by Crippen LogP contribution is 2.49. The van der Waals surface area contributed by atoms with Crippen molar-refractivity contribution in [1.29, 1.82) is 0 Å². The third-order valence-electron chi connectivity index (χ3n) is 5.19. The number of fused-ring (bicyclic) bond motifs is 1. The number of azo groups is 2. The Hall–Kier alpha value is -3.78. The number of rotatable bonds is 6. The topological polar surface area (TPSA) is 178 Å².